The van der Waals surface area contributed by atoms with E-state index in [0.717, 1.165) is 42.4 Å². The van der Waals surface area contributed by atoms with Crippen LogP contribution in [0.25, 0.3) is 0 Å². The van der Waals surface area contributed by atoms with Crippen molar-refractivity contribution >= 4 is 11.8 Å². The van der Waals surface area contributed by atoms with Crippen LogP contribution in [0.1, 0.15) is 75.9 Å². The number of amides is 2. The maximum absolute atomic E-state index is 13.8. The predicted molar refractivity (Wildman–Crippen MR) is 132 cm³/mol. The topological polar surface area (TPSA) is 58.6 Å². The number of carbonyl (C=O) groups excluding carboxylic acids is 2. The molecule has 0 radical (unpaired) electrons. The van der Waals surface area contributed by atoms with Crippen molar-refractivity contribution in [3.63, 3.8) is 0 Å². The van der Waals surface area contributed by atoms with Gasteiger partial charge in [-0.25, -0.2) is 5.01 Å². The largest absolute Gasteiger partial charge is 0.496 e. The fourth-order valence-electron chi connectivity index (χ4n) is 4.97. The van der Waals surface area contributed by atoms with E-state index in [1.54, 1.807) is 24.3 Å². The summed E-state index contributed by atoms with van der Waals surface area (Å²) in [7, 11) is 1.59. The van der Waals surface area contributed by atoms with E-state index < -0.39 is 0 Å². The van der Waals surface area contributed by atoms with Crippen LogP contribution in [-0.4, -0.2) is 30.0 Å². The Morgan fingerprint density at radius 2 is 1.79 bits per heavy atom. The van der Waals surface area contributed by atoms with Crippen molar-refractivity contribution in [1.29, 1.82) is 0 Å². The summed E-state index contributed by atoms with van der Waals surface area (Å²) in [4.78, 5) is 27.3. The van der Waals surface area contributed by atoms with Gasteiger partial charge in [0.25, 0.3) is 11.8 Å². The zero-order valence-electron chi connectivity index (χ0n) is 20.3. The number of hydrazine groups is 1. The molecule has 1 saturated carbocycles. The van der Waals surface area contributed by atoms with E-state index in [-0.39, 0.29) is 17.9 Å². The van der Waals surface area contributed by atoms with Gasteiger partial charge in [-0.1, -0.05) is 48.6 Å². The molecule has 3 rings (SSSR count). The lowest BCUT2D eigenvalue weighted by atomic mass is 9.82. The Balaban J connectivity index is 2.00. The zero-order chi connectivity index (χ0) is 24.0. The minimum absolute atomic E-state index is 0.147. The molecule has 33 heavy (non-hydrogen) atoms. The highest BCUT2D eigenvalue weighted by Gasteiger charge is 2.33. The van der Waals surface area contributed by atoms with Gasteiger partial charge < -0.3 is 4.74 Å². The molecule has 5 nitrogen and oxygen atoms in total. The van der Waals surface area contributed by atoms with Crippen LogP contribution in [0.3, 0.4) is 0 Å². The highest BCUT2D eigenvalue weighted by molar-refractivity contribution is 6.00. The van der Waals surface area contributed by atoms with E-state index in [4.69, 9.17) is 4.74 Å². The molecule has 1 aliphatic carbocycles. The SMILES string of the molecule is C=CCC(C1CCCCC1)N(NC(=O)c1cccc(OC)c1C)C(=O)c1cc(C)cc(C)c1. The van der Waals surface area contributed by atoms with Crippen LogP contribution in [0, 0.1) is 26.7 Å². The summed E-state index contributed by atoms with van der Waals surface area (Å²) < 4.78 is 5.39. The first-order chi connectivity index (χ1) is 15.8. The summed E-state index contributed by atoms with van der Waals surface area (Å²) in [6.45, 7) is 9.76. The van der Waals surface area contributed by atoms with E-state index >= 15 is 0 Å². The van der Waals surface area contributed by atoms with Gasteiger partial charge in [-0.2, -0.15) is 0 Å². The van der Waals surface area contributed by atoms with Crippen LogP contribution in [-0.2, 0) is 0 Å². The second-order valence-electron chi connectivity index (χ2n) is 9.12. The first kappa shape index (κ1) is 24.6. The van der Waals surface area contributed by atoms with Crippen molar-refractivity contribution in [2.45, 2.75) is 65.3 Å². The Bertz CT molecular complexity index is 988. The van der Waals surface area contributed by atoms with Crippen molar-refractivity contribution in [1.82, 2.24) is 10.4 Å². The molecule has 1 atom stereocenters. The summed E-state index contributed by atoms with van der Waals surface area (Å²) in [5.41, 5.74) is 6.85. The number of rotatable bonds is 7. The summed E-state index contributed by atoms with van der Waals surface area (Å²) in [5.74, 6) is 0.463. The number of methoxy groups -OCH3 is 1. The van der Waals surface area contributed by atoms with Crippen molar-refractivity contribution < 1.29 is 14.3 Å². The third kappa shape index (κ3) is 5.84. The lowest BCUT2D eigenvalue weighted by Gasteiger charge is -2.38. The van der Waals surface area contributed by atoms with Crippen LogP contribution in [0.5, 0.6) is 5.75 Å². The molecule has 0 saturated heterocycles. The molecule has 2 amide bonds. The van der Waals surface area contributed by atoms with Crippen molar-refractivity contribution in [2.75, 3.05) is 7.11 Å². The number of nitrogens with zero attached hydrogens (tertiary/aromatic N) is 1. The van der Waals surface area contributed by atoms with Crippen LogP contribution >= 0.6 is 0 Å². The molecule has 0 aliphatic heterocycles. The average molecular weight is 449 g/mol. The molecule has 5 heteroatoms. The number of hydrogen-bond donors (Lipinski definition) is 1. The standard InChI is InChI=1S/C28H36N2O3/c1-6-11-25(22-12-8-7-9-13-22)30(28(32)23-17-19(2)16-20(3)18-23)29-27(31)24-14-10-15-26(33-5)21(24)4/h6,10,14-18,22,25H,1,7-9,11-13H2,2-5H3,(H,29,31). The first-order valence-electron chi connectivity index (χ1n) is 11.8. The van der Waals surface area contributed by atoms with E-state index in [1.807, 2.05) is 51.1 Å². The van der Waals surface area contributed by atoms with Gasteiger partial charge >= 0.3 is 0 Å². The molecule has 1 aliphatic rings. The van der Waals surface area contributed by atoms with Crippen LogP contribution in [0.4, 0.5) is 0 Å². The Kier molecular flexibility index (Phi) is 8.32. The third-order valence-corrected chi connectivity index (χ3v) is 6.59. The molecule has 0 aromatic heterocycles. The molecule has 1 fully saturated rings. The summed E-state index contributed by atoms with van der Waals surface area (Å²) >= 11 is 0. The molecule has 2 aromatic carbocycles. The maximum Gasteiger partial charge on any atom is 0.272 e. The normalized spacial score (nSPS) is 14.9. The molecule has 0 spiro atoms. The maximum atomic E-state index is 13.8. The lowest BCUT2D eigenvalue weighted by molar-refractivity contribution is 0.0357. The van der Waals surface area contributed by atoms with Gasteiger partial charge in [0.15, 0.2) is 0 Å². The second kappa shape index (κ2) is 11.2. The van der Waals surface area contributed by atoms with E-state index in [2.05, 4.69) is 12.0 Å². The molecule has 176 valence electrons. The van der Waals surface area contributed by atoms with Gasteiger partial charge in [-0.05, 0) is 70.2 Å². The van der Waals surface area contributed by atoms with E-state index in [0.29, 0.717) is 29.2 Å². The second-order valence-corrected chi connectivity index (χ2v) is 9.12. The van der Waals surface area contributed by atoms with Crippen LogP contribution in [0.2, 0.25) is 0 Å². The number of hydrogen-bond acceptors (Lipinski definition) is 3. The smallest absolute Gasteiger partial charge is 0.272 e. The van der Waals surface area contributed by atoms with Gasteiger partial charge in [0.2, 0.25) is 0 Å². The van der Waals surface area contributed by atoms with Gasteiger partial charge in [0.05, 0.1) is 13.2 Å². The van der Waals surface area contributed by atoms with E-state index in [1.165, 1.54) is 6.42 Å². The van der Waals surface area contributed by atoms with Crippen LogP contribution in [0.15, 0.2) is 49.1 Å². The number of carbonyl (C=O) groups is 2. The molecule has 0 heterocycles. The monoisotopic (exact) mass is 448 g/mol. The van der Waals surface area contributed by atoms with Gasteiger partial charge in [0.1, 0.15) is 5.75 Å². The molecular weight excluding hydrogens is 412 g/mol. The minimum Gasteiger partial charge on any atom is -0.496 e. The Morgan fingerprint density at radius 1 is 1.12 bits per heavy atom. The minimum atomic E-state index is -0.311. The number of nitrogens with one attached hydrogen (secondary N) is 1. The molecular formula is C28H36N2O3. The van der Waals surface area contributed by atoms with Gasteiger partial charge in [-0.15, -0.1) is 6.58 Å². The summed E-state index contributed by atoms with van der Waals surface area (Å²) in [6.07, 6.45) is 8.08. The summed E-state index contributed by atoms with van der Waals surface area (Å²) in [6, 6.07) is 11.0. The highest BCUT2D eigenvalue weighted by Crippen LogP contribution is 2.31. The van der Waals surface area contributed by atoms with Crippen molar-refractivity contribution in [3.05, 3.63) is 76.9 Å². The first-order valence-corrected chi connectivity index (χ1v) is 11.8. The fourth-order valence-corrected chi connectivity index (χ4v) is 4.97. The number of aryl methyl sites for hydroxylation is 2. The molecule has 1 N–H and O–H groups in total. The average Bonchev–Trinajstić information content (AvgIpc) is 2.80. The number of ether oxygens (including phenoxy) is 1. The molecule has 2 aromatic rings. The lowest BCUT2D eigenvalue weighted by Crippen LogP contribution is -2.54. The molecule has 0 bridgehead atoms. The summed E-state index contributed by atoms with van der Waals surface area (Å²) in [5, 5.41) is 1.58. The predicted octanol–water partition coefficient (Wildman–Crippen LogP) is 5.93. The third-order valence-electron chi connectivity index (χ3n) is 6.59. The molecule has 1 unspecified atom stereocenters. The van der Waals surface area contributed by atoms with Crippen LogP contribution < -0.4 is 10.2 Å². The zero-order valence-corrected chi connectivity index (χ0v) is 20.3. The highest BCUT2D eigenvalue weighted by atomic mass is 16.5. The Morgan fingerprint density at radius 3 is 2.39 bits per heavy atom. The Hall–Kier alpha value is -3.08. The quantitative estimate of drug-likeness (QED) is 0.422. The number of benzene rings is 2. The van der Waals surface area contributed by atoms with E-state index in [9.17, 15) is 9.59 Å². The fraction of sp³-hybridized carbons (Fsp3) is 0.429. The van der Waals surface area contributed by atoms with Crippen molar-refractivity contribution in [2.24, 2.45) is 5.92 Å². The van der Waals surface area contributed by atoms with Crippen molar-refractivity contribution in [3.8, 4) is 5.75 Å². The van der Waals surface area contributed by atoms with Gasteiger partial charge in [-0.3, -0.25) is 15.0 Å². The Labute approximate surface area is 197 Å². The van der Waals surface area contributed by atoms with Gasteiger partial charge in [0, 0.05) is 16.7 Å².